The van der Waals surface area contributed by atoms with Gasteiger partial charge < -0.3 is 18.8 Å². The first-order chi connectivity index (χ1) is 8.28. The van der Waals surface area contributed by atoms with Crippen LogP contribution in [0.4, 0.5) is 3.89 Å². The smallest absolute Gasteiger partial charge is 0.488 e. The Hall–Kier alpha value is -1.54. The summed E-state index contributed by atoms with van der Waals surface area (Å²) < 4.78 is 47.5. The summed E-state index contributed by atoms with van der Waals surface area (Å²) in [6, 6.07) is 2.65. The van der Waals surface area contributed by atoms with E-state index in [1.165, 1.54) is 33.3 Å². The molecule has 0 radical (unpaired) electrons. The van der Waals surface area contributed by atoms with Gasteiger partial charge in [-0.05, 0) is 24.6 Å². The van der Waals surface area contributed by atoms with Crippen LogP contribution in [0.25, 0.3) is 0 Å². The molecule has 18 heavy (non-hydrogen) atoms. The van der Waals surface area contributed by atoms with Gasteiger partial charge in [-0.25, -0.2) is 0 Å². The molecule has 1 N–H and O–H groups in total. The number of aliphatic hydroxyl groups excluding tert-OH is 1. The average molecular weight is 280 g/mol. The van der Waals surface area contributed by atoms with Gasteiger partial charge in [-0.3, -0.25) is 0 Å². The van der Waals surface area contributed by atoms with E-state index in [4.69, 9.17) is 9.47 Å². The van der Waals surface area contributed by atoms with Gasteiger partial charge in [-0.15, -0.1) is 0 Å². The highest BCUT2D eigenvalue weighted by Gasteiger charge is 2.21. The van der Waals surface area contributed by atoms with E-state index in [9.17, 15) is 17.4 Å². The molecule has 0 heterocycles. The molecule has 0 aliphatic carbocycles. The second-order valence-electron chi connectivity index (χ2n) is 3.41. The fourth-order valence-corrected chi connectivity index (χ4v) is 1.69. The summed E-state index contributed by atoms with van der Waals surface area (Å²) in [5, 5.41) is 9.44. The van der Waals surface area contributed by atoms with Crippen LogP contribution >= 0.6 is 0 Å². The zero-order valence-corrected chi connectivity index (χ0v) is 10.8. The summed E-state index contributed by atoms with van der Waals surface area (Å²) in [6.07, 6.45) is -0.830. The zero-order chi connectivity index (χ0) is 13.9. The number of ether oxygens (including phenoxy) is 2. The standard InChI is InChI=1S/C10H13FO6S/c1-6(12)7-4-8(15-2)10(9(5-7)16-3)17-18(11,13)14/h4-6,12H,1-3H3. The summed E-state index contributed by atoms with van der Waals surface area (Å²) >= 11 is 0. The van der Waals surface area contributed by atoms with Gasteiger partial charge in [0.05, 0.1) is 20.3 Å². The summed E-state index contributed by atoms with van der Waals surface area (Å²) in [5.74, 6) is -0.537. The number of benzene rings is 1. The second-order valence-corrected chi connectivity index (χ2v) is 4.36. The lowest BCUT2D eigenvalue weighted by Gasteiger charge is -2.14. The SMILES string of the molecule is COc1cc(C(C)O)cc(OC)c1OS(=O)(=O)F. The average Bonchev–Trinajstić information content (AvgIpc) is 2.26. The van der Waals surface area contributed by atoms with Gasteiger partial charge in [0.15, 0.2) is 11.5 Å². The van der Waals surface area contributed by atoms with Crippen LogP contribution in [-0.2, 0) is 10.5 Å². The van der Waals surface area contributed by atoms with Crippen molar-refractivity contribution < 1.29 is 31.1 Å². The highest BCUT2D eigenvalue weighted by Crippen LogP contribution is 2.40. The van der Waals surface area contributed by atoms with E-state index >= 15 is 0 Å². The molecule has 0 saturated heterocycles. The summed E-state index contributed by atoms with van der Waals surface area (Å²) in [5.41, 5.74) is 0.410. The molecule has 6 nitrogen and oxygen atoms in total. The highest BCUT2D eigenvalue weighted by atomic mass is 32.3. The van der Waals surface area contributed by atoms with Gasteiger partial charge in [0, 0.05) is 0 Å². The molecule has 1 atom stereocenters. The van der Waals surface area contributed by atoms with Crippen LogP contribution in [0.5, 0.6) is 17.2 Å². The van der Waals surface area contributed by atoms with Crippen LogP contribution in [-0.4, -0.2) is 27.7 Å². The Morgan fingerprint density at radius 1 is 1.22 bits per heavy atom. The fraction of sp³-hybridized carbons (Fsp3) is 0.400. The molecule has 0 fully saturated rings. The Bertz CT molecular complexity index is 500. The molecule has 8 heteroatoms. The number of rotatable bonds is 5. The van der Waals surface area contributed by atoms with Crippen LogP contribution in [0, 0.1) is 0 Å². The van der Waals surface area contributed by atoms with Crippen LogP contribution in [0.2, 0.25) is 0 Å². The number of aliphatic hydroxyl groups is 1. The minimum Gasteiger partial charge on any atom is -0.493 e. The Kier molecular flexibility index (Phi) is 4.36. The topological polar surface area (TPSA) is 82.1 Å². The van der Waals surface area contributed by atoms with E-state index in [2.05, 4.69) is 4.18 Å². The fourth-order valence-electron chi connectivity index (χ4n) is 1.32. The second kappa shape index (κ2) is 5.40. The van der Waals surface area contributed by atoms with Crippen molar-refractivity contribution in [2.24, 2.45) is 0 Å². The monoisotopic (exact) mass is 280 g/mol. The number of hydrogen-bond donors (Lipinski definition) is 1. The minimum absolute atomic E-state index is 0.0634. The third kappa shape index (κ3) is 3.47. The van der Waals surface area contributed by atoms with Crippen molar-refractivity contribution in [3.05, 3.63) is 17.7 Å². The molecule has 102 valence electrons. The van der Waals surface area contributed by atoms with Crippen molar-refractivity contribution in [3.8, 4) is 17.2 Å². The van der Waals surface area contributed by atoms with E-state index < -0.39 is 22.4 Å². The number of methoxy groups -OCH3 is 2. The first-order valence-corrected chi connectivity index (χ1v) is 6.17. The van der Waals surface area contributed by atoms with Crippen molar-refractivity contribution in [1.82, 2.24) is 0 Å². The largest absolute Gasteiger partial charge is 0.493 e. The Balaban J connectivity index is 3.39. The maximum atomic E-state index is 12.6. The Morgan fingerprint density at radius 3 is 1.94 bits per heavy atom. The van der Waals surface area contributed by atoms with E-state index in [0.717, 1.165) is 0 Å². The number of halogens is 1. The Labute approximate surface area is 104 Å². The number of hydrogen-bond acceptors (Lipinski definition) is 6. The van der Waals surface area contributed by atoms with Gasteiger partial charge in [0.2, 0.25) is 5.75 Å². The quantitative estimate of drug-likeness (QED) is 0.820. The molecule has 0 saturated carbocycles. The maximum absolute atomic E-state index is 12.6. The van der Waals surface area contributed by atoms with Crippen molar-refractivity contribution in [3.63, 3.8) is 0 Å². The molecule has 0 spiro atoms. The van der Waals surface area contributed by atoms with E-state index in [-0.39, 0.29) is 11.5 Å². The van der Waals surface area contributed by atoms with Gasteiger partial charge in [0.1, 0.15) is 0 Å². The van der Waals surface area contributed by atoms with E-state index in [1.807, 2.05) is 0 Å². The molecular formula is C10H13FO6S. The summed E-state index contributed by atoms with van der Waals surface area (Å²) in [7, 11) is -2.70. The lowest BCUT2D eigenvalue weighted by Crippen LogP contribution is -2.05. The van der Waals surface area contributed by atoms with Gasteiger partial charge >= 0.3 is 10.5 Å². The summed E-state index contributed by atoms with van der Waals surface area (Å²) in [4.78, 5) is 0. The molecule has 1 aromatic carbocycles. The molecule has 1 rings (SSSR count). The highest BCUT2D eigenvalue weighted by molar-refractivity contribution is 7.81. The van der Waals surface area contributed by atoms with Crippen LogP contribution in [0.3, 0.4) is 0 Å². The lowest BCUT2D eigenvalue weighted by atomic mass is 10.1. The van der Waals surface area contributed by atoms with Gasteiger partial charge in [-0.1, -0.05) is 3.89 Å². The third-order valence-electron chi connectivity index (χ3n) is 2.15. The van der Waals surface area contributed by atoms with E-state index in [0.29, 0.717) is 5.56 Å². The van der Waals surface area contributed by atoms with Crippen LogP contribution < -0.4 is 13.7 Å². The predicted octanol–water partition coefficient (Wildman–Crippen LogP) is 1.35. The molecule has 0 aromatic heterocycles. The zero-order valence-electron chi connectivity index (χ0n) is 10.0. The molecule has 0 aliphatic heterocycles. The minimum atomic E-state index is -5.20. The van der Waals surface area contributed by atoms with Crippen molar-refractivity contribution in [2.45, 2.75) is 13.0 Å². The van der Waals surface area contributed by atoms with Crippen LogP contribution in [0.1, 0.15) is 18.6 Å². The normalized spacial score (nSPS) is 12.9. The first kappa shape index (κ1) is 14.5. The van der Waals surface area contributed by atoms with Crippen molar-refractivity contribution in [2.75, 3.05) is 14.2 Å². The third-order valence-corrected chi connectivity index (χ3v) is 2.51. The van der Waals surface area contributed by atoms with Crippen molar-refractivity contribution >= 4 is 10.5 Å². The maximum Gasteiger partial charge on any atom is 0.488 e. The molecule has 0 amide bonds. The molecule has 0 bridgehead atoms. The molecule has 1 aromatic rings. The van der Waals surface area contributed by atoms with Crippen molar-refractivity contribution in [1.29, 1.82) is 0 Å². The molecule has 1 unspecified atom stereocenters. The van der Waals surface area contributed by atoms with Gasteiger partial charge in [-0.2, -0.15) is 8.42 Å². The first-order valence-electron chi connectivity index (χ1n) is 4.86. The Morgan fingerprint density at radius 2 is 1.67 bits per heavy atom. The lowest BCUT2D eigenvalue weighted by molar-refractivity contribution is 0.198. The molecular weight excluding hydrogens is 267 g/mol. The predicted molar refractivity (Wildman–Crippen MR) is 60.8 cm³/mol. The van der Waals surface area contributed by atoms with Crippen LogP contribution in [0.15, 0.2) is 12.1 Å². The summed E-state index contributed by atoms with van der Waals surface area (Å²) in [6.45, 7) is 1.50. The molecule has 0 aliphatic rings. The van der Waals surface area contributed by atoms with Gasteiger partial charge in [0.25, 0.3) is 0 Å². The van der Waals surface area contributed by atoms with E-state index in [1.54, 1.807) is 0 Å².